The maximum atomic E-state index is 12.7. The number of hydrogen-bond acceptors (Lipinski definition) is 6. The van der Waals surface area contributed by atoms with Crippen molar-refractivity contribution in [3.63, 3.8) is 0 Å². The second-order valence-electron chi connectivity index (χ2n) is 6.98. The van der Waals surface area contributed by atoms with Crippen molar-refractivity contribution in [2.45, 2.75) is 13.3 Å². The molecule has 2 aliphatic rings. The van der Waals surface area contributed by atoms with Crippen LogP contribution in [0, 0.1) is 11.8 Å². The Balaban J connectivity index is 1.59. The zero-order chi connectivity index (χ0) is 18.5. The van der Waals surface area contributed by atoms with E-state index < -0.39 is 0 Å². The summed E-state index contributed by atoms with van der Waals surface area (Å²) < 4.78 is 10.7. The van der Waals surface area contributed by atoms with Crippen molar-refractivity contribution in [1.29, 1.82) is 0 Å². The molecular formula is C19H28N2O5. The van der Waals surface area contributed by atoms with E-state index in [1.54, 1.807) is 0 Å². The number of benzene rings is 1. The number of carbonyl (C=O) groups excluding carboxylic acids is 1. The number of ether oxygens (including phenoxy) is 2. The van der Waals surface area contributed by atoms with Crippen LogP contribution in [0.2, 0.25) is 0 Å². The summed E-state index contributed by atoms with van der Waals surface area (Å²) in [7, 11) is 0. The summed E-state index contributed by atoms with van der Waals surface area (Å²) in [6, 6.07) is 5.59. The van der Waals surface area contributed by atoms with Crippen molar-refractivity contribution in [3.05, 3.63) is 23.8 Å². The number of aliphatic hydroxyl groups is 2. The highest BCUT2D eigenvalue weighted by Gasteiger charge is 2.35. The lowest BCUT2D eigenvalue weighted by Crippen LogP contribution is -2.36. The minimum Gasteiger partial charge on any atom is -0.454 e. The van der Waals surface area contributed by atoms with Crippen LogP contribution in [-0.2, 0) is 11.2 Å². The topological polar surface area (TPSA) is 82.5 Å². The molecule has 26 heavy (non-hydrogen) atoms. The van der Waals surface area contributed by atoms with Gasteiger partial charge in [0.1, 0.15) is 0 Å². The summed E-state index contributed by atoms with van der Waals surface area (Å²) >= 11 is 0. The fraction of sp³-hybridized carbons (Fsp3) is 0.632. The number of rotatable bonds is 8. The standard InChI is InChI=1S/C19H28N2O5/c1-2-20(5-6-22)9-15-10-21(11-16(15)12-23)19(24)8-14-3-4-17-18(7-14)26-13-25-17/h3-4,7,15-16,22-23H,2,5-6,8-13H2,1H3/t15-,16-/m1/s1. The highest BCUT2D eigenvalue weighted by molar-refractivity contribution is 5.79. The normalized spacial score (nSPS) is 21.6. The highest BCUT2D eigenvalue weighted by Crippen LogP contribution is 2.33. The maximum Gasteiger partial charge on any atom is 0.231 e. The first kappa shape index (κ1) is 18.9. The molecule has 0 aromatic heterocycles. The molecule has 144 valence electrons. The molecule has 0 unspecified atom stereocenters. The molecule has 7 nitrogen and oxygen atoms in total. The average Bonchev–Trinajstić information content (AvgIpc) is 3.27. The summed E-state index contributed by atoms with van der Waals surface area (Å²) in [5.41, 5.74) is 0.902. The van der Waals surface area contributed by atoms with Gasteiger partial charge in [0.15, 0.2) is 11.5 Å². The number of likely N-dealkylation sites (N-methyl/N-ethyl adjacent to an activating group) is 1. The second-order valence-corrected chi connectivity index (χ2v) is 6.98. The van der Waals surface area contributed by atoms with Crippen LogP contribution in [0.1, 0.15) is 12.5 Å². The molecule has 1 aromatic rings. The smallest absolute Gasteiger partial charge is 0.231 e. The first-order valence-electron chi connectivity index (χ1n) is 9.25. The number of hydrogen-bond donors (Lipinski definition) is 2. The predicted molar refractivity (Wildman–Crippen MR) is 96.1 cm³/mol. The van der Waals surface area contributed by atoms with E-state index >= 15 is 0 Å². The number of amides is 1. The molecule has 0 radical (unpaired) electrons. The summed E-state index contributed by atoms with van der Waals surface area (Å²) in [6.07, 6.45) is 0.315. The largest absolute Gasteiger partial charge is 0.454 e. The van der Waals surface area contributed by atoms with Gasteiger partial charge in [0, 0.05) is 38.7 Å². The van der Waals surface area contributed by atoms with Crippen LogP contribution in [0.3, 0.4) is 0 Å². The van der Waals surface area contributed by atoms with E-state index in [0.29, 0.717) is 37.6 Å². The predicted octanol–water partition coefficient (Wildman–Crippen LogP) is 0.339. The highest BCUT2D eigenvalue weighted by atomic mass is 16.7. The van der Waals surface area contributed by atoms with E-state index in [4.69, 9.17) is 14.6 Å². The Morgan fingerprint density at radius 2 is 2.00 bits per heavy atom. The molecule has 1 amide bonds. The molecule has 0 spiro atoms. The maximum absolute atomic E-state index is 12.7. The van der Waals surface area contributed by atoms with Gasteiger partial charge in [0.25, 0.3) is 0 Å². The quantitative estimate of drug-likeness (QED) is 0.692. The van der Waals surface area contributed by atoms with Crippen LogP contribution in [0.4, 0.5) is 0 Å². The Morgan fingerprint density at radius 1 is 1.23 bits per heavy atom. The van der Waals surface area contributed by atoms with Gasteiger partial charge < -0.3 is 29.5 Å². The van der Waals surface area contributed by atoms with Crippen LogP contribution in [0.15, 0.2) is 18.2 Å². The average molecular weight is 364 g/mol. The summed E-state index contributed by atoms with van der Waals surface area (Å²) in [6.45, 7) is 5.97. The van der Waals surface area contributed by atoms with Crippen molar-refractivity contribution in [2.24, 2.45) is 11.8 Å². The fourth-order valence-electron chi connectivity index (χ4n) is 3.74. The van der Waals surface area contributed by atoms with Gasteiger partial charge in [0.05, 0.1) is 13.0 Å². The van der Waals surface area contributed by atoms with Gasteiger partial charge in [0.2, 0.25) is 12.7 Å². The summed E-state index contributed by atoms with van der Waals surface area (Å²) in [4.78, 5) is 16.7. The summed E-state index contributed by atoms with van der Waals surface area (Å²) in [5.74, 6) is 1.78. The van der Waals surface area contributed by atoms with Crippen molar-refractivity contribution >= 4 is 5.91 Å². The third kappa shape index (κ3) is 4.28. The van der Waals surface area contributed by atoms with E-state index in [1.165, 1.54) is 0 Å². The number of carbonyl (C=O) groups is 1. The minimum atomic E-state index is 0.0648. The van der Waals surface area contributed by atoms with Crippen molar-refractivity contribution in [3.8, 4) is 11.5 Å². The number of likely N-dealkylation sites (tertiary alicyclic amines) is 1. The molecule has 2 heterocycles. The lowest BCUT2D eigenvalue weighted by molar-refractivity contribution is -0.129. The molecule has 1 aromatic carbocycles. The lowest BCUT2D eigenvalue weighted by Gasteiger charge is -2.25. The van der Waals surface area contributed by atoms with Gasteiger partial charge in [-0.1, -0.05) is 13.0 Å². The molecule has 3 rings (SSSR count). The molecule has 0 aliphatic carbocycles. The van der Waals surface area contributed by atoms with Gasteiger partial charge in [-0.3, -0.25) is 4.79 Å². The van der Waals surface area contributed by atoms with E-state index in [0.717, 1.165) is 18.7 Å². The first-order chi connectivity index (χ1) is 12.6. The van der Waals surface area contributed by atoms with Crippen LogP contribution < -0.4 is 9.47 Å². The Morgan fingerprint density at radius 3 is 2.73 bits per heavy atom. The number of nitrogens with zero attached hydrogens (tertiary/aromatic N) is 2. The molecule has 2 atom stereocenters. The molecule has 0 bridgehead atoms. The van der Waals surface area contributed by atoms with Gasteiger partial charge in [-0.25, -0.2) is 0 Å². The van der Waals surface area contributed by atoms with Crippen LogP contribution in [-0.4, -0.2) is 78.7 Å². The Hall–Kier alpha value is -1.83. The zero-order valence-electron chi connectivity index (χ0n) is 15.3. The van der Waals surface area contributed by atoms with E-state index in [1.807, 2.05) is 23.1 Å². The molecule has 2 N–H and O–H groups in total. The summed E-state index contributed by atoms with van der Waals surface area (Å²) in [5, 5.41) is 18.9. The number of fused-ring (bicyclic) bond motifs is 1. The van der Waals surface area contributed by atoms with Gasteiger partial charge >= 0.3 is 0 Å². The first-order valence-corrected chi connectivity index (χ1v) is 9.25. The SMILES string of the molecule is CCN(CCO)C[C@@H]1CN(C(=O)Cc2ccc3c(c2)OCO3)C[C@@H]1CO. The number of aliphatic hydroxyl groups excluding tert-OH is 2. The van der Waals surface area contributed by atoms with Gasteiger partial charge in [-0.2, -0.15) is 0 Å². The van der Waals surface area contributed by atoms with E-state index in [9.17, 15) is 9.90 Å². The van der Waals surface area contributed by atoms with Crippen LogP contribution >= 0.6 is 0 Å². The zero-order valence-corrected chi connectivity index (χ0v) is 15.3. The van der Waals surface area contributed by atoms with Gasteiger partial charge in [-0.15, -0.1) is 0 Å². The van der Waals surface area contributed by atoms with E-state index in [2.05, 4.69) is 11.8 Å². The van der Waals surface area contributed by atoms with Crippen molar-refractivity contribution in [1.82, 2.24) is 9.80 Å². The fourth-order valence-corrected chi connectivity index (χ4v) is 3.74. The molecule has 1 saturated heterocycles. The minimum absolute atomic E-state index is 0.0648. The monoisotopic (exact) mass is 364 g/mol. The third-order valence-electron chi connectivity index (χ3n) is 5.31. The van der Waals surface area contributed by atoms with Gasteiger partial charge in [-0.05, 0) is 30.2 Å². The second kappa shape index (κ2) is 8.70. The Labute approximate surface area is 154 Å². The molecule has 7 heteroatoms. The molecule has 1 fully saturated rings. The Bertz CT molecular complexity index is 624. The van der Waals surface area contributed by atoms with E-state index in [-0.39, 0.29) is 37.7 Å². The van der Waals surface area contributed by atoms with Crippen LogP contribution in [0.25, 0.3) is 0 Å². The molecular weight excluding hydrogens is 336 g/mol. The molecule has 0 saturated carbocycles. The molecule has 2 aliphatic heterocycles. The van der Waals surface area contributed by atoms with Crippen molar-refractivity contribution < 1.29 is 24.5 Å². The lowest BCUT2D eigenvalue weighted by atomic mass is 9.96. The van der Waals surface area contributed by atoms with Crippen molar-refractivity contribution in [2.75, 3.05) is 52.7 Å². The Kier molecular flexibility index (Phi) is 6.34. The van der Waals surface area contributed by atoms with Crippen LogP contribution in [0.5, 0.6) is 11.5 Å². The third-order valence-corrected chi connectivity index (χ3v) is 5.31.